The molecule has 13 heavy (non-hydrogen) atoms. The third kappa shape index (κ3) is 2.82. The van der Waals surface area contributed by atoms with Gasteiger partial charge < -0.3 is 4.79 Å². The number of aryl methyl sites for hydroxylation is 1. The van der Waals surface area contributed by atoms with Crippen molar-refractivity contribution in [3.05, 3.63) is 33.8 Å². The first-order valence-corrected chi connectivity index (χ1v) is 5.21. The van der Waals surface area contributed by atoms with E-state index in [0.717, 1.165) is 21.9 Å². The lowest BCUT2D eigenvalue weighted by molar-refractivity contribution is -0.107. The molecule has 0 spiro atoms. The van der Waals surface area contributed by atoms with E-state index in [4.69, 9.17) is 11.6 Å². The Labute approximate surface area is 91.2 Å². The van der Waals surface area contributed by atoms with Gasteiger partial charge >= 0.3 is 0 Å². The molecule has 0 radical (unpaired) electrons. The SMILES string of the molecule is Cc1cccc(CC(Cl)C=O)c1Br. The normalized spacial score (nSPS) is 12.5. The molecule has 1 aromatic rings. The molecule has 0 aliphatic heterocycles. The third-order valence-corrected chi connectivity index (χ3v) is 3.23. The monoisotopic (exact) mass is 260 g/mol. The van der Waals surface area contributed by atoms with Gasteiger partial charge in [-0.05, 0) is 24.5 Å². The molecule has 0 saturated carbocycles. The van der Waals surface area contributed by atoms with Gasteiger partial charge in [-0.15, -0.1) is 11.6 Å². The van der Waals surface area contributed by atoms with Crippen molar-refractivity contribution in [3.63, 3.8) is 0 Å². The first-order valence-electron chi connectivity index (χ1n) is 3.98. The number of hydrogen-bond acceptors (Lipinski definition) is 1. The predicted molar refractivity (Wildman–Crippen MR) is 58.3 cm³/mol. The second-order valence-electron chi connectivity index (χ2n) is 2.90. The Bertz CT molecular complexity index is 312. The Kier molecular flexibility index (Phi) is 3.94. The largest absolute Gasteiger partial charge is 0.302 e. The Morgan fingerprint density at radius 3 is 2.92 bits per heavy atom. The van der Waals surface area contributed by atoms with Crippen LogP contribution in [0.3, 0.4) is 0 Å². The minimum Gasteiger partial charge on any atom is -0.302 e. The van der Waals surface area contributed by atoms with Gasteiger partial charge in [0.05, 0.1) is 5.38 Å². The standard InChI is InChI=1S/C10H10BrClO/c1-7-3-2-4-8(10(7)11)5-9(12)6-13/h2-4,6,9H,5H2,1H3. The highest BCUT2D eigenvalue weighted by molar-refractivity contribution is 9.10. The summed E-state index contributed by atoms with van der Waals surface area (Å²) in [5.74, 6) is 0. The van der Waals surface area contributed by atoms with Crippen LogP contribution >= 0.6 is 27.5 Å². The highest BCUT2D eigenvalue weighted by atomic mass is 79.9. The molecule has 1 unspecified atom stereocenters. The summed E-state index contributed by atoms with van der Waals surface area (Å²) in [5.41, 5.74) is 2.24. The van der Waals surface area contributed by atoms with Crippen LogP contribution in [-0.4, -0.2) is 11.7 Å². The number of halogens is 2. The maximum Gasteiger partial charge on any atom is 0.138 e. The minimum absolute atomic E-state index is 0.432. The molecule has 0 saturated heterocycles. The number of rotatable bonds is 3. The molecule has 1 aromatic carbocycles. The minimum atomic E-state index is -0.432. The van der Waals surface area contributed by atoms with Crippen molar-refractivity contribution in [2.75, 3.05) is 0 Å². The average molecular weight is 262 g/mol. The van der Waals surface area contributed by atoms with Crippen molar-refractivity contribution >= 4 is 33.8 Å². The Balaban J connectivity index is 2.88. The van der Waals surface area contributed by atoms with Gasteiger partial charge in [0.2, 0.25) is 0 Å². The Morgan fingerprint density at radius 2 is 2.31 bits per heavy atom. The Hall–Kier alpha value is -0.340. The zero-order chi connectivity index (χ0) is 9.84. The summed E-state index contributed by atoms with van der Waals surface area (Å²) < 4.78 is 1.04. The van der Waals surface area contributed by atoms with Gasteiger partial charge in [0.25, 0.3) is 0 Å². The molecule has 0 amide bonds. The van der Waals surface area contributed by atoms with Crippen molar-refractivity contribution in [2.45, 2.75) is 18.7 Å². The van der Waals surface area contributed by atoms with Crippen LogP contribution in [0.5, 0.6) is 0 Å². The molecular formula is C10H10BrClO. The lowest BCUT2D eigenvalue weighted by Crippen LogP contribution is -2.05. The predicted octanol–water partition coefficient (Wildman–Crippen LogP) is 3.11. The van der Waals surface area contributed by atoms with Gasteiger partial charge in [-0.25, -0.2) is 0 Å². The molecule has 0 fully saturated rings. The van der Waals surface area contributed by atoms with Crippen LogP contribution in [0.25, 0.3) is 0 Å². The molecular weight excluding hydrogens is 251 g/mol. The number of alkyl halides is 1. The fraction of sp³-hybridized carbons (Fsp3) is 0.300. The van der Waals surface area contributed by atoms with E-state index in [1.807, 2.05) is 25.1 Å². The van der Waals surface area contributed by atoms with Crippen LogP contribution in [0, 0.1) is 6.92 Å². The van der Waals surface area contributed by atoms with E-state index in [1.54, 1.807) is 0 Å². The molecule has 1 rings (SSSR count). The quantitative estimate of drug-likeness (QED) is 0.603. The lowest BCUT2D eigenvalue weighted by atomic mass is 10.1. The van der Waals surface area contributed by atoms with E-state index >= 15 is 0 Å². The lowest BCUT2D eigenvalue weighted by Gasteiger charge is -2.07. The second kappa shape index (κ2) is 4.77. The van der Waals surface area contributed by atoms with Crippen LogP contribution in [0.1, 0.15) is 11.1 Å². The van der Waals surface area contributed by atoms with Gasteiger partial charge in [0, 0.05) is 4.47 Å². The average Bonchev–Trinajstić information content (AvgIpc) is 2.13. The van der Waals surface area contributed by atoms with Crippen LogP contribution in [0.15, 0.2) is 22.7 Å². The van der Waals surface area contributed by atoms with Crippen molar-refractivity contribution in [2.24, 2.45) is 0 Å². The number of hydrogen-bond donors (Lipinski definition) is 0. The zero-order valence-electron chi connectivity index (χ0n) is 7.26. The second-order valence-corrected chi connectivity index (χ2v) is 4.26. The molecule has 3 heteroatoms. The maximum absolute atomic E-state index is 10.4. The van der Waals surface area contributed by atoms with Crippen LogP contribution < -0.4 is 0 Å². The maximum atomic E-state index is 10.4. The number of aldehydes is 1. The summed E-state index contributed by atoms with van der Waals surface area (Å²) in [5, 5.41) is -0.432. The first kappa shape index (κ1) is 10.7. The fourth-order valence-corrected chi connectivity index (χ4v) is 1.72. The van der Waals surface area contributed by atoms with Crippen molar-refractivity contribution in [1.29, 1.82) is 0 Å². The van der Waals surface area contributed by atoms with Crippen LogP contribution in [0.4, 0.5) is 0 Å². The highest BCUT2D eigenvalue weighted by Crippen LogP contribution is 2.22. The summed E-state index contributed by atoms with van der Waals surface area (Å²) in [6.45, 7) is 2.01. The topological polar surface area (TPSA) is 17.1 Å². The van der Waals surface area contributed by atoms with E-state index in [1.165, 1.54) is 0 Å². The molecule has 0 heterocycles. The fourth-order valence-electron chi connectivity index (χ4n) is 1.12. The smallest absolute Gasteiger partial charge is 0.138 e. The van der Waals surface area contributed by atoms with Gasteiger partial charge in [-0.2, -0.15) is 0 Å². The van der Waals surface area contributed by atoms with E-state index in [9.17, 15) is 4.79 Å². The van der Waals surface area contributed by atoms with Crippen molar-refractivity contribution in [1.82, 2.24) is 0 Å². The van der Waals surface area contributed by atoms with Gasteiger partial charge in [0.15, 0.2) is 0 Å². The highest BCUT2D eigenvalue weighted by Gasteiger charge is 2.07. The Morgan fingerprint density at radius 1 is 1.62 bits per heavy atom. The number of carbonyl (C=O) groups excluding carboxylic acids is 1. The molecule has 0 N–H and O–H groups in total. The van der Waals surface area contributed by atoms with Gasteiger partial charge in [-0.1, -0.05) is 34.1 Å². The van der Waals surface area contributed by atoms with Crippen LogP contribution in [-0.2, 0) is 11.2 Å². The molecule has 1 atom stereocenters. The molecule has 1 nitrogen and oxygen atoms in total. The van der Waals surface area contributed by atoms with Gasteiger partial charge in [0.1, 0.15) is 6.29 Å². The summed E-state index contributed by atoms with van der Waals surface area (Å²) in [7, 11) is 0. The molecule has 0 aromatic heterocycles. The van der Waals surface area contributed by atoms with E-state index in [0.29, 0.717) is 6.42 Å². The third-order valence-electron chi connectivity index (χ3n) is 1.83. The summed E-state index contributed by atoms with van der Waals surface area (Å²) in [4.78, 5) is 10.4. The van der Waals surface area contributed by atoms with Crippen molar-refractivity contribution in [3.8, 4) is 0 Å². The van der Waals surface area contributed by atoms with E-state index in [-0.39, 0.29) is 0 Å². The van der Waals surface area contributed by atoms with Gasteiger partial charge in [-0.3, -0.25) is 0 Å². The van der Waals surface area contributed by atoms with E-state index < -0.39 is 5.38 Å². The molecule has 0 aliphatic carbocycles. The van der Waals surface area contributed by atoms with E-state index in [2.05, 4.69) is 15.9 Å². The summed E-state index contributed by atoms with van der Waals surface area (Å²) >= 11 is 9.20. The number of benzene rings is 1. The van der Waals surface area contributed by atoms with Crippen LogP contribution in [0.2, 0.25) is 0 Å². The number of carbonyl (C=O) groups is 1. The molecule has 70 valence electrons. The summed E-state index contributed by atoms with van der Waals surface area (Å²) in [6, 6.07) is 5.94. The molecule has 0 bridgehead atoms. The zero-order valence-corrected chi connectivity index (χ0v) is 9.60. The summed E-state index contributed by atoms with van der Waals surface area (Å²) in [6.07, 6.45) is 1.34. The molecule has 0 aliphatic rings. The first-order chi connectivity index (χ1) is 6.15. The van der Waals surface area contributed by atoms with Crippen molar-refractivity contribution < 1.29 is 4.79 Å².